The molecule has 1 aliphatic rings. The summed E-state index contributed by atoms with van der Waals surface area (Å²) in [5, 5.41) is 1.48. The Morgan fingerprint density at radius 3 is 2.62 bits per heavy atom. The Morgan fingerprint density at radius 2 is 1.84 bits per heavy atom. The van der Waals surface area contributed by atoms with Crippen LogP contribution in [0, 0.1) is 11.6 Å². The SMILES string of the molecule is CN(C)c1cccc2c(S(=O)(=O)N3CCOC(COc4cc(F)ccc4F)C3)cccc12. The van der Waals surface area contributed by atoms with Crippen molar-refractivity contribution in [2.75, 3.05) is 45.3 Å². The fourth-order valence-corrected chi connectivity index (χ4v) is 5.46. The van der Waals surface area contributed by atoms with E-state index < -0.39 is 27.8 Å². The molecule has 1 heterocycles. The normalized spacial score (nSPS) is 17.4. The molecule has 1 aliphatic heterocycles. The predicted octanol–water partition coefficient (Wildman–Crippen LogP) is 3.65. The summed E-state index contributed by atoms with van der Waals surface area (Å²) in [6.45, 7) is 0.305. The number of morpholine rings is 1. The van der Waals surface area contributed by atoms with Crippen molar-refractivity contribution < 1.29 is 26.7 Å². The maximum Gasteiger partial charge on any atom is 0.243 e. The first-order valence-electron chi connectivity index (χ1n) is 10.2. The van der Waals surface area contributed by atoms with Crippen LogP contribution in [0.5, 0.6) is 5.75 Å². The molecule has 3 aromatic rings. The van der Waals surface area contributed by atoms with Gasteiger partial charge in [0.2, 0.25) is 10.0 Å². The molecule has 1 unspecified atom stereocenters. The number of sulfonamides is 1. The number of anilines is 1. The summed E-state index contributed by atoms with van der Waals surface area (Å²) in [6.07, 6.45) is -0.617. The lowest BCUT2D eigenvalue weighted by atomic mass is 10.1. The van der Waals surface area contributed by atoms with E-state index in [-0.39, 0.29) is 36.9 Å². The Labute approximate surface area is 186 Å². The van der Waals surface area contributed by atoms with E-state index in [1.807, 2.05) is 37.2 Å². The van der Waals surface area contributed by atoms with E-state index in [0.717, 1.165) is 29.3 Å². The summed E-state index contributed by atoms with van der Waals surface area (Å²) in [5.74, 6) is -1.55. The van der Waals surface area contributed by atoms with Crippen molar-refractivity contribution in [2.45, 2.75) is 11.0 Å². The van der Waals surface area contributed by atoms with Crippen molar-refractivity contribution >= 4 is 26.5 Å². The van der Waals surface area contributed by atoms with Gasteiger partial charge in [-0.2, -0.15) is 4.31 Å². The molecule has 0 radical (unpaired) electrons. The van der Waals surface area contributed by atoms with E-state index in [9.17, 15) is 17.2 Å². The molecule has 1 atom stereocenters. The highest BCUT2D eigenvalue weighted by Crippen LogP contribution is 2.32. The largest absolute Gasteiger partial charge is 0.488 e. The second kappa shape index (κ2) is 9.01. The van der Waals surface area contributed by atoms with Gasteiger partial charge in [-0.3, -0.25) is 0 Å². The maximum absolute atomic E-state index is 13.8. The number of nitrogens with zero attached hydrogens (tertiary/aromatic N) is 2. The standard InChI is InChI=1S/C23H24F2N2O4S/c1-26(2)21-7-3-6-19-18(21)5-4-8-23(19)32(28,29)27-11-12-30-17(14-27)15-31-22-13-16(24)9-10-20(22)25/h3-10,13,17H,11-12,14-15H2,1-2H3. The third kappa shape index (κ3) is 4.41. The first-order valence-corrected chi connectivity index (χ1v) is 11.6. The number of halogens is 2. The van der Waals surface area contributed by atoms with Crippen LogP contribution in [0.1, 0.15) is 0 Å². The number of hydrogen-bond donors (Lipinski definition) is 0. The molecule has 6 nitrogen and oxygen atoms in total. The number of rotatable bonds is 6. The van der Waals surface area contributed by atoms with E-state index >= 15 is 0 Å². The van der Waals surface area contributed by atoms with E-state index in [0.29, 0.717) is 5.39 Å². The highest BCUT2D eigenvalue weighted by Gasteiger charge is 2.32. The Hall–Kier alpha value is -2.75. The topological polar surface area (TPSA) is 59.1 Å². The molecule has 0 saturated carbocycles. The van der Waals surface area contributed by atoms with Gasteiger partial charge in [0.05, 0.1) is 11.5 Å². The second-order valence-corrected chi connectivity index (χ2v) is 9.67. The van der Waals surface area contributed by atoms with Gasteiger partial charge in [0.15, 0.2) is 11.6 Å². The first-order chi connectivity index (χ1) is 15.3. The van der Waals surface area contributed by atoms with Crippen LogP contribution in [-0.4, -0.2) is 59.2 Å². The van der Waals surface area contributed by atoms with E-state index in [2.05, 4.69) is 0 Å². The van der Waals surface area contributed by atoms with Gasteiger partial charge in [-0.15, -0.1) is 0 Å². The quantitative estimate of drug-likeness (QED) is 0.560. The van der Waals surface area contributed by atoms with Crippen molar-refractivity contribution in [1.29, 1.82) is 0 Å². The molecular weight excluding hydrogens is 438 g/mol. The lowest BCUT2D eigenvalue weighted by Gasteiger charge is -2.32. The molecule has 0 spiro atoms. The minimum Gasteiger partial charge on any atom is -0.488 e. The number of hydrogen-bond acceptors (Lipinski definition) is 5. The Balaban J connectivity index is 1.57. The van der Waals surface area contributed by atoms with E-state index in [4.69, 9.17) is 9.47 Å². The fraction of sp³-hybridized carbons (Fsp3) is 0.304. The summed E-state index contributed by atoms with van der Waals surface area (Å²) in [7, 11) is -0.00325. The van der Waals surface area contributed by atoms with Crippen LogP contribution in [0.25, 0.3) is 10.8 Å². The Morgan fingerprint density at radius 1 is 1.09 bits per heavy atom. The lowest BCUT2D eigenvalue weighted by molar-refractivity contribution is -0.0255. The van der Waals surface area contributed by atoms with Crippen LogP contribution in [0.2, 0.25) is 0 Å². The summed E-state index contributed by atoms with van der Waals surface area (Å²) >= 11 is 0. The maximum atomic E-state index is 13.8. The molecule has 9 heteroatoms. The third-order valence-corrected chi connectivity index (χ3v) is 7.30. The van der Waals surface area contributed by atoms with Gasteiger partial charge in [-0.1, -0.05) is 24.3 Å². The molecule has 170 valence electrons. The highest BCUT2D eigenvalue weighted by molar-refractivity contribution is 7.89. The minimum absolute atomic E-state index is 0.0447. The van der Waals surface area contributed by atoms with Crippen LogP contribution in [-0.2, 0) is 14.8 Å². The van der Waals surface area contributed by atoms with Gasteiger partial charge in [-0.05, 0) is 24.3 Å². The average molecular weight is 463 g/mol. The van der Waals surface area contributed by atoms with Crippen molar-refractivity contribution in [3.05, 3.63) is 66.2 Å². The predicted molar refractivity (Wildman–Crippen MR) is 119 cm³/mol. The zero-order valence-corrected chi connectivity index (χ0v) is 18.6. The van der Waals surface area contributed by atoms with Crippen molar-refractivity contribution in [1.82, 2.24) is 4.31 Å². The molecule has 0 aliphatic carbocycles. The highest BCUT2D eigenvalue weighted by atomic mass is 32.2. The van der Waals surface area contributed by atoms with Crippen LogP contribution < -0.4 is 9.64 Å². The molecule has 4 rings (SSSR count). The van der Waals surface area contributed by atoms with Crippen LogP contribution >= 0.6 is 0 Å². The number of fused-ring (bicyclic) bond motifs is 1. The Kier molecular flexibility index (Phi) is 6.32. The smallest absolute Gasteiger partial charge is 0.243 e. The lowest BCUT2D eigenvalue weighted by Crippen LogP contribution is -2.47. The molecule has 1 fully saturated rings. The van der Waals surface area contributed by atoms with Gasteiger partial charge >= 0.3 is 0 Å². The zero-order chi connectivity index (χ0) is 22.9. The van der Waals surface area contributed by atoms with Crippen LogP contribution in [0.3, 0.4) is 0 Å². The van der Waals surface area contributed by atoms with Gasteiger partial charge in [0.1, 0.15) is 18.5 Å². The Bertz CT molecular complexity index is 1230. The molecule has 0 N–H and O–H groups in total. The van der Waals surface area contributed by atoms with Gasteiger partial charge in [0, 0.05) is 49.7 Å². The summed E-state index contributed by atoms with van der Waals surface area (Å²) < 4.78 is 66.5. The van der Waals surface area contributed by atoms with Crippen molar-refractivity contribution in [2.24, 2.45) is 0 Å². The number of ether oxygens (including phenoxy) is 2. The third-order valence-electron chi connectivity index (χ3n) is 5.38. The molecule has 0 amide bonds. The average Bonchev–Trinajstić information content (AvgIpc) is 2.79. The zero-order valence-electron chi connectivity index (χ0n) is 17.8. The molecule has 3 aromatic carbocycles. The summed E-state index contributed by atoms with van der Waals surface area (Å²) in [5.41, 5.74) is 0.921. The molecule has 0 bridgehead atoms. The van der Waals surface area contributed by atoms with Crippen LogP contribution in [0.15, 0.2) is 59.5 Å². The number of benzene rings is 3. The molecule has 32 heavy (non-hydrogen) atoms. The van der Waals surface area contributed by atoms with Crippen molar-refractivity contribution in [3.63, 3.8) is 0 Å². The minimum atomic E-state index is -3.82. The fourth-order valence-electron chi connectivity index (χ4n) is 3.80. The molecule has 1 saturated heterocycles. The van der Waals surface area contributed by atoms with Gasteiger partial charge in [-0.25, -0.2) is 17.2 Å². The van der Waals surface area contributed by atoms with E-state index in [1.54, 1.807) is 18.2 Å². The molecular formula is C23H24F2N2O4S. The monoisotopic (exact) mass is 462 g/mol. The summed E-state index contributed by atoms with van der Waals surface area (Å²) in [6, 6.07) is 13.7. The summed E-state index contributed by atoms with van der Waals surface area (Å²) in [4.78, 5) is 2.16. The first kappa shape index (κ1) is 22.4. The van der Waals surface area contributed by atoms with Gasteiger partial charge in [0.25, 0.3) is 0 Å². The molecule has 0 aromatic heterocycles. The van der Waals surface area contributed by atoms with E-state index in [1.165, 1.54) is 4.31 Å². The second-order valence-electron chi connectivity index (χ2n) is 7.76. The van der Waals surface area contributed by atoms with Crippen LogP contribution in [0.4, 0.5) is 14.5 Å². The van der Waals surface area contributed by atoms with Gasteiger partial charge < -0.3 is 14.4 Å². The van der Waals surface area contributed by atoms with Crippen molar-refractivity contribution in [3.8, 4) is 5.75 Å².